The predicted molar refractivity (Wildman–Crippen MR) is 80.2 cm³/mol. The molecule has 0 saturated heterocycles. The highest BCUT2D eigenvalue weighted by Gasteiger charge is 2.12. The van der Waals surface area contributed by atoms with Gasteiger partial charge in [0.1, 0.15) is 12.1 Å². The minimum atomic E-state index is -0.631. The second-order valence-corrected chi connectivity index (χ2v) is 4.81. The van der Waals surface area contributed by atoms with Gasteiger partial charge in [-0.25, -0.2) is 13.9 Å². The van der Waals surface area contributed by atoms with Crippen LogP contribution in [0.3, 0.4) is 0 Å². The Morgan fingerprint density at radius 3 is 2.29 bits per heavy atom. The predicted octanol–water partition coefficient (Wildman–Crippen LogP) is 1.84. The van der Waals surface area contributed by atoms with E-state index in [4.69, 9.17) is 4.74 Å². The molecule has 0 N–H and O–H groups in total. The highest BCUT2D eigenvalue weighted by atomic mass is 19.1. The summed E-state index contributed by atoms with van der Waals surface area (Å²) in [5.74, 6) is -1.48. The van der Waals surface area contributed by atoms with E-state index in [1.54, 1.807) is 24.3 Å². The van der Waals surface area contributed by atoms with Crippen LogP contribution < -0.4 is 0 Å². The molecule has 1 aromatic heterocycles. The largest absolute Gasteiger partial charge is 0.454 e. The molecule has 0 unspecified atom stereocenters. The molecule has 8 heteroatoms. The van der Waals surface area contributed by atoms with Crippen LogP contribution in [-0.2, 0) is 4.74 Å². The number of hydrogen-bond donors (Lipinski definition) is 0. The average Bonchev–Trinajstić information content (AvgIpc) is 3.15. The smallest absolute Gasteiger partial charge is 0.338 e. The van der Waals surface area contributed by atoms with Gasteiger partial charge in [0.25, 0.3) is 0 Å². The zero-order valence-corrected chi connectivity index (χ0v) is 12.3. The third-order valence-corrected chi connectivity index (χ3v) is 3.22. The Morgan fingerprint density at radius 2 is 1.67 bits per heavy atom. The third kappa shape index (κ3) is 3.49. The van der Waals surface area contributed by atoms with Gasteiger partial charge in [0.2, 0.25) is 0 Å². The molecule has 24 heavy (non-hydrogen) atoms. The molecule has 0 aliphatic rings. The van der Waals surface area contributed by atoms with Crippen molar-refractivity contribution in [3.63, 3.8) is 0 Å². The lowest BCUT2D eigenvalue weighted by Gasteiger charge is -2.05. The summed E-state index contributed by atoms with van der Waals surface area (Å²) in [7, 11) is 0. The fourth-order valence-corrected chi connectivity index (χ4v) is 1.96. The van der Waals surface area contributed by atoms with Gasteiger partial charge in [-0.15, -0.1) is 5.10 Å². The molecule has 2 aromatic carbocycles. The first-order chi connectivity index (χ1) is 11.6. The number of carbonyl (C=O) groups is 2. The molecule has 7 nitrogen and oxygen atoms in total. The van der Waals surface area contributed by atoms with E-state index in [-0.39, 0.29) is 5.56 Å². The van der Waals surface area contributed by atoms with Gasteiger partial charge in [0, 0.05) is 5.56 Å². The maximum atomic E-state index is 12.8. The molecule has 0 spiro atoms. The number of halogens is 1. The number of ether oxygens (including phenoxy) is 1. The van der Waals surface area contributed by atoms with E-state index in [1.165, 1.54) is 35.3 Å². The lowest BCUT2D eigenvalue weighted by molar-refractivity contribution is 0.0474. The highest BCUT2D eigenvalue weighted by Crippen LogP contribution is 2.10. The molecule has 0 bridgehead atoms. The van der Waals surface area contributed by atoms with E-state index in [0.29, 0.717) is 11.3 Å². The van der Waals surface area contributed by atoms with Gasteiger partial charge in [-0.05, 0) is 59.0 Å². The number of benzene rings is 2. The van der Waals surface area contributed by atoms with E-state index >= 15 is 0 Å². The molecule has 3 rings (SSSR count). The molecule has 0 amide bonds. The van der Waals surface area contributed by atoms with Crippen molar-refractivity contribution in [3.05, 3.63) is 71.8 Å². The number of ketones is 1. The van der Waals surface area contributed by atoms with Crippen molar-refractivity contribution in [2.24, 2.45) is 0 Å². The zero-order chi connectivity index (χ0) is 16.9. The first kappa shape index (κ1) is 15.5. The molecule has 0 atom stereocenters. The summed E-state index contributed by atoms with van der Waals surface area (Å²) in [6, 6.07) is 11.4. The zero-order valence-electron chi connectivity index (χ0n) is 12.3. The third-order valence-electron chi connectivity index (χ3n) is 3.22. The summed E-state index contributed by atoms with van der Waals surface area (Å²) in [5.41, 5.74) is 1.25. The van der Waals surface area contributed by atoms with Crippen molar-refractivity contribution in [2.75, 3.05) is 6.61 Å². The van der Waals surface area contributed by atoms with Crippen LogP contribution in [-0.4, -0.2) is 38.6 Å². The number of esters is 1. The summed E-state index contributed by atoms with van der Waals surface area (Å²) in [6.07, 6.45) is 1.43. The van der Waals surface area contributed by atoms with Crippen LogP contribution in [0.2, 0.25) is 0 Å². The minimum Gasteiger partial charge on any atom is -0.454 e. The molecule has 0 radical (unpaired) electrons. The van der Waals surface area contributed by atoms with Gasteiger partial charge in [-0.1, -0.05) is 0 Å². The molecule has 3 aromatic rings. The number of Topliss-reactive ketones (excluding diaryl/α,β-unsaturated/α-hetero) is 1. The Kier molecular flexibility index (Phi) is 4.37. The molecule has 0 aliphatic carbocycles. The normalized spacial score (nSPS) is 10.4. The monoisotopic (exact) mass is 326 g/mol. The van der Waals surface area contributed by atoms with E-state index in [1.807, 2.05) is 0 Å². The Morgan fingerprint density at radius 1 is 1.00 bits per heavy atom. The average molecular weight is 326 g/mol. The second-order valence-electron chi connectivity index (χ2n) is 4.81. The van der Waals surface area contributed by atoms with Crippen LogP contribution in [0.25, 0.3) is 5.69 Å². The summed E-state index contributed by atoms with van der Waals surface area (Å²) in [5, 5.41) is 10.8. The number of rotatable bonds is 5. The second kappa shape index (κ2) is 6.78. The number of tetrazole rings is 1. The number of aromatic nitrogens is 4. The minimum absolute atomic E-state index is 0.276. The van der Waals surface area contributed by atoms with Gasteiger partial charge in [0.15, 0.2) is 12.4 Å². The molecule has 0 fully saturated rings. The van der Waals surface area contributed by atoms with E-state index in [9.17, 15) is 14.0 Å². The highest BCUT2D eigenvalue weighted by molar-refractivity contribution is 5.99. The van der Waals surface area contributed by atoms with Crippen molar-refractivity contribution in [1.82, 2.24) is 20.2 Å². The van der Waals surface area contributed by atoms with Crippen LogP contribution in [0.4, 0.5) is 4.39 Å². The molecule has 0 saturated carbocycles. The van der Waals surface area contributed by atoms with Crippen molar-refractivity contribution in [3.8, 4) is 5.69 Å². The van der Waals surface area contributed by atoms with Gasteiger partial charge in [-0.2, -0.15) is 0 Å². The van der Waals surface area contributed by atoms with E-state index < -0.39 is 24.2 Å². The number of nitrogens with zero attached hydrogens (tertiary/aromatic N) is 4. The molecular weight excluding hydrogens is 315 g/mol. The summed E-state index contributed by atoms with van der Waals surface area (Å²) in [4.78, 5) is 23.8. The lowest BCUT2D eigenvalue weighted by atomic mass is 10.1. The fraction of sp³-hybridized carbons (Fsp3) is 0.0625. The van der Waals surface area contributed by atoms with Crippen molar-refractivity contribution in [2.45, 2.75) is 0 Å². The maximum Gasteiger partial charge on any atom is 0.338 e. The van der Waals surface area contributed by atoms with Crippen LogP contribution in [0.15, 0.2) is 54.9 Å². The molecule has 120 valence electrons. The Bertz CT molecular complexity index is 846. The number of carbonyl (C=O) groups excluding carboxylic acids is 2. The summed E-state index contributed by atoms with van der Waals surface area (Å²) >= 11 is 0. The molecule has 1 heterocycles. The van der Waals surface area contributed by atoms with E-state index in [0.717, 1.165) is 0 Å². The fourth-order valence-electron chi connectivity index (χ4n) is 1.96. The Labute approximate surface area is 135 Å². The number of hydrogen-bond acceptors (Lipinski definition) is 6. The van der Waals surface area contributed by atoms with Crippen LogP contribution in [0.1, 0.15) is 20.7 Å². The van der Waals surface area contributed by atoms with Crippen molar-refractivity contribution >= 4 is 11.8 Å². The standard InChI is InChI=1S/C16H11FN4O3/c17-13-5-1-11(2-6-13)15(22)9-24-16(23)12-3-7-14(8-4-12)21-10-18-19-20-21/h1-8,10H,9H2. The Hall–Kier alpha value is -3.42. The maximum absolute atomic E-state index is 12.8. The first-order valence-electron chi connectivity index (χ1n) is 6.93. The van der Waals surface area contributed by atoms with Gasteiger partial charge in [0.05, 0.1) is 11.3 Å². The van der Waals surface area contributed by atoms with Crippen molar-refractivity contribution < 1.29 is 18.7 Å². The summed E-state index contributed by atoms with van der Waals surface area (Å²) < 4.78 is 19.2. The van der Waals surface area contributed by atoms with E-state index in [2.05, 4.69) is 15.5 Å². The van der Waals surface area contributed by atoms with Gasteiger partial charge >= 0.3 is 5.97 Å². The first-order valence-corrected chi connectivity index (χ1v) is 6.93. The quantitative estimate of drug-likeness (QED) is 0.525. The SMILES string of the molecule is O=C(COC(=O)c1ccc(-n2cnnn2)cc1)c1ccc(F)cc1. The van der Waals surface area contributed by atoms with Gasteiger partial charge in [-0.3, -0.25) is 4.79 Å². The van der Waals surface area contributed by atoms with Gasteiger partial charge < -0.3 is 4.74 Å². The summed E-state index contributed by atoms with van der Waals surface area (Å²) in [6.45, 7) is -0.417. The van der Waals surface area contributed by atoms with Crippen molar-refractivity contribution in [1.29, 1.82) is 0 Å². The van der Waals surface area contributed by atoms with Crippen LogP contribution >= 0.6 is 0 Å². The van der Waals surface area contributed by atoms with Crippen LogP contribution in [0.5, 0.6) is 0 Å². The molecule has 0 aliphatic heterocycles. The molecular formula is C16H11FN4O3. The topological polar surface area (TPSA) is 87.0 Å². The Balaban J connectivity index is 1.60. The lowest BCUT2D eigenvalue weighted by Crippen LogP contribution is -2.14. The van der Waals surface area contributed by atoms with Crippen LogP contribution in [0, 0.1) is 5.82 Å².